The molecule has 29 heavy (non-hydrogen) atoms. The molecule has 2 N–H and O–H groups in total. The summed E-state index contributed by atoms with van der Waals surface area (Å²) < 4.78 is 5.10. The zero-order valence-electron chi connectivity index (χ0n) is 15.8. The third-order valence-corrected chi connectivity index (χ3v) is 5.54. The summed E-state index contributed by atoms with van der Waals surface area (Å²) in [5.41, 5.74) is 2.52. The van der Waals surface area contributed by atoms with Crippen LogP contribution in [0.4, 0.5) is 5.69 Å². The number of rotatable bonds is 6. The van der Waals surface area contributed by atoms with Gasteiger partial charge in [-0.05, 0) is 42.6 Å². The van der Waals surface area contributed by atoms with Crippen LogP contribution in [0.15, 0.2) is 72.2 Å². The van der Waals surface area contributed by atoms with Crippen LogP contribution in [-0.4, -0.2) is 22.7 Å². The third-order valence-electron chi connectivity index (χ3n) is 4.60. The average molecular weight is 404 g/mol. The molecule has 0 radical (unpaired) electrons. The maximum Gasteiger partial charge on any atom is 0.338 e. The minimum Gasteiger partial charge on any atom is -0.505 e. The number of hydrogen-bond donors (Lipinski definition) is 2. The Bertz CT molecular complexity index is 1140. The van der Waals surface area contributed by atoms with Crippen molar-refractivity contribution in [2.75, 3.05) is 11.9 Å². The van der Waals surface area contributed by atoms with Crippen molar-refractivity contribution in [3.63, 3.8) is 0 Å². The van der Waals surface area contributed by atoms with Crippen molar-refractivity contribution in [3.05, 3.63) is 88.2 Å². The fraction of sp³-hybridized carbons (Fsp3) is 0.130. The monoisotopic (exact) mass is 404 g/mol. The number of anilines is 1. The minimum absolute atomic E-state index is 0.149. The summed E-state index contributed by atoms with van der Waals surface area (Å²) >= 11 is 1.59. The Morgan fingerprint density at radius 2 is 2.07 bits per heavy atom. The largest absolute Gasteiger partial charge is 0.505 e. The number of fused-ring (bicyclic) bond motifs is 1. The second kappa shape index (κ2) is 8.32. The van der Waals surface area contributed by atoms with Crippen molar-refractivity contribution in [3.8, 4) is 5.75 Å². The molecule has 2 aromatic carbocycles. The number of benzene rings is 2. The fourth-order valence-electron chi connectivity index (χ4n) is 3.25. The van der Waals surface area contributed by atoms with Crippen molar-refractivity contribution < 1.29 is 14.6 Å². The Hall–Kier alpha value is -3.38. The number of phenols is 1. The topological polar surface area (TPSA) is 71.5 Å². The lowest BCUT2D eigenvalue weighted by atomic mass is 10.0. The molecule has 0 bridgehead atoms. The van der Waals surface area contributed by atoms with E-state index in [4.69, 9.17) is 4.74 Å². The number of pyridine rings is 1. The highest BCUT2D eigenvalue weighted by atomic mass is 32.1. The quantitative estimate of drug-likeness (QED) is 0.422. The number of thiophene rings is 1. The van der Waals surface area contributed by atoms with Gasteiger partial charge in [0.05, 0.1) is 18.2 Å². The van der Waals surface area contributed by atoms with Gasteiger partial charge in [0, 0.05) is 27.7 Å². The maximum atomic E-state index is 12.1. The first-order valence-electron chi connectivity index (χ1n) is 9.31. The number of nitrogens with zero attached hydrogens (tertiary/aromatic N) is 1. The van der Waals surface area contributed by atoms with Crippen molar-refractivity contribution in [1.29, 1.82) is 0 Å². The Labute approximate surface area is 172 Å². The third kappa shape index (κ3) is 3.93. The van der Waals surface area contributed by atoms with E-state index in [1.54, 1.807) is 36.6 Å². The van der Waals surface area contributed by atoms with Gasteiger partial charge in [0.1, 0.15) is 11.3 Å². The number of aromatic nitrogens is 1. The summed E-state index contributed by atoms with van der Waals surface area (Å²) in [6, 6.07) is 18.5. The van der Waals surface area contributed by atoms with Gasteiger partial charge in [-0.25, -0.2) is 4.79 Å². The van der Waals surface area contributed by atoms with Crippen molar-refractivity contribution in [1.82, 2.24) is 4.98 Å². The highest BCUT2D eigenvalue weighted by Crippen LogP contribution is 2.38. The Morgan fingerprint density at radius 1 is 1.17 bits per heavy atom. The number of carbonyl (C=O) groups is 1. The molecule has 0 saturated heterocycles. The second-order valence-electron chi connectivity index (χ2n) is 6.47. The van der Waals surface area contributed by atoms with E-state index in [0.717, 1.165) is 21.5 Å². The molecule has 0 aliphatic heterocycles. The predicted octanol–water partition coefficient (Wildman–Crippen LogP) is 5.38. The summed E-state index contributed by atoms with van der Waals surface area (Å²) in [4.78, 5) is 17.5. The summed E-state index contributed by atoms with van der Waals surface area (Å²) in [6.45, 7) is 2.11. The molecular formula is C23H20N2O3S. The van der Waals surface area contributed by atoms with Gasteiger partial charge < -0.3 is 15.2 Å². The van der Waals surface area contributed by atoms with Crippen LogP contribution >= 0.6 is 11.3 Å². The number of aromatic hydroxyl groups is 1. The zero-order valence-corrected chi connectivity index (χ0v) is 16.6. The molecule has 0 fully saturated rings. The molecule has 1 atom stereocenters. The number of ether oxygens (including phenoxy) is 1. The molecule has 0 aliphatic carbocycles. The normalized spacial score (nSPS) is 11.9. The van der Waals surface area contributed by atoms with E-state index >= 15 is 0 Å². The Morgan fingerprint density at radius 3 is 2.86 bits per heavy atom. The lowest BCUT2D eigenvalue weighted by molar-refractivity contribution is 0.0526. The van der Waals surface area contributed by atoms with E-state index in [9.17, 15) is 9.90 Å². The Kier molecular flexibility index (Phi) is 5.44. The van der Waals surface area contributed by atoms with Gasteiger partial charge in [0.15, 0.2) is 0 Å². The summed E-state index contributed by atoms with van der Waals surface area (Å²) in [5.74, 6) is -0.211. The van der Waals surface area contributed by atoms with Crippen molar-refractivity contribution in [2.24, 2.45) is 0 Å². The van der Waals surface area contributed by atoms with E-state index in [1.165, 1.54) is 0 Å². The average Bonchev–Trinajstić information content (AvgIpc) is 3.28. The molecule has 146 valence electrons. The van der Waals surface area contributed by atoms with Crippen molar-refractivity contribution >= 4 is 33.9 Å². The highest BCUT2D eigenvalue weighted by Gasteiger charge is 2.21. The minimum atomic E-state index is -0.360. The van der Waals surface area contributed by atoms with Gasteiger partial charge in [-0.1, -0.05) is 30.3 Å². The molecule has 4 rings (SSSR count). The van der Waals surface area contributed by atoms with E-state index in [0.29, 0.717) is 17.7 Å². The number of esters is 1. The predicted molar refractivity (Wildman–Crippen MR) is 116 cm³/mol. The van der Waals surface area contributed by atoms with Crippen LogP contribution in [0.25, 0.3) is 10.9 Å². The number of carbonyl (C=O) groups excluding carboxylic acids is 1. The van der Waals surface area contributed by atoms with Gasteiger partial charge in [-0.2, -0.15) is 0 Å². The van der Waals surface area contributed by atoms with E-state index in [1.807, 2.05) is 53.9 Å². The molecule has 0 aliphatic rings. The molecule has 0 spiro atoms. The Balaban J connectivity index is 1.74. The van der Waals surface area contributed by atoms with Gasteiger partial charge in [0.25, 0.3) is 0 Å². The van der Waals surface area contributed by atoms with Crippen LogP contribution in [0.1, 0.15) is 33.8 Å². The molecule has 4 aromatic rings. The van der Waals surface area contributed by atoms with Crippen LogP contribution in [0.2, 0.25) is 0 Å². The molecule has 1 unspecified atom stereocenters. The first kappa shape index (κ1) is 19.0. The van der Waals surface area contributed by atoms with Crippen LogP contribution in [0.5, 0.6) is 5.75 Å². The molecule has 0 amide bonds. The number of nitrogens with one attached hydrogen (secondary N) is 1. The van der Waals surface area contributed by atoms with Crippen molar-refractivity contribution in [2.45, 2.75) is 13.0 Å². The molecule has 2 aromatic heterocycles. The van der Waals surface area contributed by atoms with Crippen LogP contribution in [-0.2, 0) is 4.74 Å². The molecule has 6 heteroatoms. The molecule has 2 heterocycles. The maximum absolute atomic E-state index is 12.1. The van der Waals surface area contributed by atoms with E-state index in [-0.39, 0.29) is 17.8 Å². The van der Waals surface area contributed by atoms with Gasteiger partial charge >= 0.3 is 5.97 Å². The molecular weight excluding hydrogens is 384 g/mol. The molecule has 5 nitrogen and oxygen atoms in total. The van der Waals surface area contributed by atoms with Gasteiger partial charge in [0.2, 0.25) is 0 Å². The van der Waals surface area contributed by atoms with E-state index in [2.05, 4.69) is 10.3 Å². The molecule has 0 saturated carbocycles. The second-order valence-corrected chi connectivity index (χ2v) is 7.45. The first-order chi connectivity index (χ1) is 14.2. The summed E-state index contributed by atoms with van der Waals surface area (Å²) in [6.07, 6.45) is 1.67. The number of hydrogen-bond acceptors (Lipinski definition) is 6. The van der Waals surface area contributed by atoms with Crippen LogP contribution in [0.3, 0.4) is 0 Å². The smallest absolute Gasteiger partial charge is 0.338 e. The zero-order chi connectivity index (χ0) is 20.2. The standard InChI is InChI=1S/C23H20N2O3S/c1-2-28-23(27)16-6-3-8-17(14-16)25-21(19-9-5-13-29-19)18-11-10-15-7-4-12-24-20(15)22(18)26/h3-14,21,25-26H,2H2,1H3. The first-order valence-corrected chi connectivity index (χ1v) is 10.2. The number of phenolic OH excluding ortho intramolecular Hbond substituents is 1. The lowest BCUT2D eigenvalue weighted by Gasteiger charge is -2.21. The fourth-order valence-corrected chi connectivity index (χ4v) is 4.05. The van der Waals surface area contributed by atoms with Gasteiger partial charge in [-0.3, -0.25) is 4.98 Å². The summed E-state index contributed by atoms with van der Waals surface area (Å²) in [5, 5.41) is 17.3. The highest BCUT2D eigenvalue weighted by molar-refractivity contribution is 7.10. The summed E-state index contributed by atoms with van der Waals surface area (Å²) in [7, 11) is 0. The van der Waals surface area contributed by atoms with Gasteiger partial charge in [-0.15, -0.1) is 11.3 Å². The lowest BCUT2D eigenvalue weighted by Crippen LogP contribution is -2.12. The SMILES string of the molecule is CCOC(=O)c1cccc(NC(c2cccs2)c2ccc3cccnc3c2O)c1. The van der Waals surface area contributed by atoms with E-state index < -0.39 is 0 Å². The van der Waals surface area contributed by atoms with Crippen LogP contribution < -0.4 is 5.32 Å². The van der Waals surface area contributed by atoms with Crippen LogP contribution in [0, 0.1) is 0 Å².